The lowest BCUT2D eigenvalue weighted by molar-refractivity contribution is -0.143. The van der Waals surface area contributed by atoms with E-state index in [9.17, 15) is 4.79 Å². The minimum atomic E-state index is -0.188. The highest BCUT2D eigenvalue weighted by Crippen LogP contribution is 2.41. The van der Waals surface area contributed by atoms with E-state index in [1.54, 1.807) is 0 Å². The Morgan fingerprint density at radius 3 is 2.37 bits per heavy atom. The van der Waals surface area contributed by atoms with E-state index in [4.69, 9.17) is 0 Å². The van der Waals surface area contributed by atoms with Gasteiger partial charge in [-0.25, -0.2) is 0 Å². The summed E-state index contributed by atoms with van der Waals surface area (Å²) < 4.78 is 0. The molecule has 108 valence electrons. The molecule has 0 aromatic heterocycles. The first kappa shape index (κ1) is 13.4. The van der Waals surface area contributed by atoms with Crippen LogP contribution in [-0.4, -0.2) is 37.0 Å². The summed E-state index contributed by atoms with van der Waals surface area (Å²) in [5.74, 6) is 2.54. The van der Waals surface area contributed by atoms with Crippen molar-refractivity contribution in [2.45, 2.75) is 46.0 Å². The number of carbonyl (C=O) groups excluding carboxylic acids is 1. The minimum Gasteiger partial charge on any atom is -0.342 e. The number of nitrogens with one attached hydrogen (secondary N) is 1. The van der Waals surface area contributed by atoms with Crippen LogP contribution in [0.3, 0.4) is 0 Å². The summed E-state index contributed by atoms with van der Waals surface area (Å²) in [6.07, 6.45) is 6.49. The van der Waals surface area contributed by atoms with E-state index in [0.29, 0.717) is 11.8 Å². The lowest BCUT2D eigenvalue weighted by Crippen LogP contribution is -2.48. The second-order valence-electron chi connectivity index (χ2n) is 7.43. The van der Waals surface area contributed by atoms with Crippen LogP contribution < -0.4 is 5.32 Å². The van der Waals surface area contributed by atoms with Crippen LogP contribution in [0.15, 0.2) is 0 Å². The van der Waals surface area contributed by atoms with Crippen molar-refractivity contribution in [1.29, 1.82) is 0 Å². The van der Waals surface area contributed by atoms with Gasteiger partial charge in [-0.1, -0.05) is 20.3 Å². The first-order chi connectivity index (χ1) is 9.09. The summed E-state index contributed by atoms with van der Waals surface area (Å²) in [6, 6.07) is 0. The molecule has 1 aliphatic carbocycles. The van der Waals surface area contributed by atoms with E-state index in [2.05, 4.69) is 24.1 Å². The van der Waals surface area contributed by atoms with Crippen molar-refractivity contribution in [2.75, 3.05) is 26.2 Å². The van der Waals surface area contributed by atoms with Crippen LogP contribution in [0.25, 0.3) is 0 Å². The second-order valence-corrected chi connectivity index (χ2v) is 7.43. The molecule has 0 aromatic rings. The fraction of sp³-hybridized carbons (Fsp3) is 0.938. The molecule has 3 atom stereocenters. The molecule has 0 bridgehead atoms. The number of rotatable bonds is 2. The molecule has 2 heterocycles. The van der Waals surface area contributed by atoms with Crippen LogP contribution in [0.5, 0.6) is 0 Å². The number of nitrogens with zero attached hydrogens (tertiary/aromatic N) is 1. The molecule has 0 aromatic carbocycles. The molecule has 2 saturated heterocycles. The molecule has 1 amide bonds. The van der Waals surface area contributed by atoms with Gasteiger partial charge in [-0.05, 0) is 56.5 Å². The third-order valence-electron chi connectivity index (χ3n) is 5.88. The number of amides is 1. The van der Waals surface area contributed by atoms with Crippen molar-refractivity contribution < 1.29 is 4.79 Å². The first-order valence-electron chi connectivity index (χ1n) is 8.09. The van der Waals surface area contributed by atoms with Gasteiger partial charge in [0, 0.05) is 18.5 Å². The molecule has 3 fully saturated rings. The Morgan fingerprint density at radius 2 is 1.79 bits per heavy atom. The van der Waals surface area contributed by atoms with Crippen molar-refractivity contribution in [3.8, 4) is 0 Å². The maximum Gasteiger partial charge on any atom is 0.228 e. The third-order valence-corrected chi connectivity index (χ3v) is 5.88. The lowest BCUT2D eigenvalue weighted by Gasteiger charge is -2.38. The molecule has 3 aliphatic rings. The van der Waals surface area contributed by atoms with Gasteiger partial charge in [-0.2, -0.15) is 0 Å². The lowest BCUT2D eigenvalue weighted by atomic mass is 9.74. The Morgan fingerprint density at radius 1 is 1.11 bits per heavy atom. The fourth-order valence-corrected chi connectivity index (χ4v) is 4.45. The summed E-state index contributed by atoms with van der Waals surface area (Å²) in [5, 5.41) is 3.46. The van der Waals surface area contributed by atoms with Crippen molar-refractivity contribution in [1.82, 2.24) is 10.2 Å². The highest BCUT2D eigenvalue weighted by Gasteiger charge is 2.45. The van der Waals surface area contributed by atoms with E-state index in [1.807, 2.05) is 0 Å². The Labute approximate surface area is 117 Å². The number of likely N-dealkylation sites (tertiary alicyclic amines) is 1. The predicted molar refractivity (Wildman–Crippen MR) is 76.8 cm³/mol. The van der Waals surface area contributed by atoms with Crippen LogP contribution in [0, 0.1) is 23.2 Å². The van der Waals surface area contributed by atoms with Crippen LogP contribution >= 0.6 is 0 Å². The van der Waals surface area contributed by atoms with Gasteiger partial charge in [0.2, 0.25) is 5.91 Å². The van der Waals surface area contributed by atoms with Crippen molar-refractivity contribution in [3.63, 3.8) is 0 Å². The van der Waals surface area contributed by atoms with Gasteiger partial charge in [0.25, 0.3) is 0 Å². The Kier molecular flexibility index (Phi) is 3.59. The maximum atomic E-state index is 12.9. The normalized spacial score (nSPS) is 35.5. The zero-order valence-electron chi connectivity index (χ0n) is 12.5. The number of fused-ring (bicyclic) bond motifs is 1. The molecule has 3 unspecified atom stereocenters. The summed E-state index contributed by atoms with van der Waals surface area (Å²) in [5.41, 5.74) is -0.188. The molecule has 3 rings (SSSR count). The Balaban J connectivity index is 1.65. The highest BCUT2D eigenvalue weighted by molar-refractivity contribution is 5.82. The van der Waals surface area contributed by atoms with Crippen LogP contribution in [0.4, 0.5) is 0 Å². The molecular weight excluding hydrogens is 236 g/mol. The zero-order valence-corrected chi connectivity index (χ0v) is 12.5. The number of piperidine rings is 1. The van der Waals surface area contributed by atoms with Gasteiger partial charge in [0.15, 0.2) is 0 Å². The van der Waals surface area contributed by atoms with Gasteiger partial charge >= 0.3 is 0 Å². The molecule has 0 radical (unpaired) electrons. The van der Waals surface area contributed by atoms with E-state index in [-0.39, 0.29) is 5.41 Å². The summed E-state index contributed by atoms with van der Waals surface area (Å²) in [4.78, 5) is 15.1. The monoisotopic (exact) mass is 264 g/mol. The van der Waals surface area contributed by atoms with Gasteiger partial charge in [0.05, 0.1) is 0 Å². The first-order valence-corrected chi connectivity index (χ1v) is 8.09. The van der Waals surface area contributed by atoms with Crippen molar-refractivity contribution in [3.05, 3.63) is 0 Å². The average molecular weight is 264 g/mol. The van der Waals surface area contributed by atoms with E-state index in [0.717, 1.165) is 38.0 Å². The van der Waals surface area contributed by atoms with Crippen molar-refractivity contribution in [2.24, 2.45) is 23.2 Å². The van der Waals surface area contributed by atoms with Crippen LogP contribution in [0.1, 0.15) is 46.0 Å². The number of hydrogen-bond donors (Lipinski definition) is 1. The van der Waals surface area contributed by atoms with E-state index < -0.39 is 0 Å². The molecule has 19 heavy (non-hydrogen) atoms. The number of hydrogen-bond acceptors (Lipinski definition) is 2. The number of carbonyl (C=O) groups is 1. The van der Waals surface area contributed by atoms with E-state index in [1.165, 1.54) is 32.1 Å². The molecule has 3 heteroatoms. The Hall–Kier alpha value is -0.570. The van der Waals surface area contributed by atoms with E-state index >= 15 is 0 Å². The van der Waals surface area contributed by atoms with Crippen molar-refractivity contribution >= 4 is 5.91 Å². The summed E-state index contributed by atoms with van der Waals surface area (Å²) in [6.45, 7) is 8.54. The summed E-state index contributed by atoms with van der Waals surface area (Å²) >= 11 is 0. The van der Waals surface area contributed by atoms with Gasteiger partial charge in [0.1, 0.15) is 0 Å². The largest absolute Gasteiger partial charge is 0.342 e. The third kappa shape index (κ3) is 2.42. The summed E-state index contributed by atoms with van der Waals surface area (Å²) in [7, 11) is 0. The van der Waals surface area contributed by atoms with Gasteiger partial charge in [-0.3, -0.25) is 4.79 Å². The smallest absolute Gasteiger partial charge is 0.228 e. The minimum absolute atomic E-state index is 0.188. The van der Waals surface area contributed by atoms with Crippen LogP contribution in [0.2, 0.25) is 0 Å². The highest BCUT2D eigenvalue weighted by atomic mass is 16.2. The maximum absolute atomic E-state index is 12.9. The molecule has 2 aliphatic heterocycles. The quantitative estimate of drug-likeness (QED) is 0.830. The average Bonchev–Trinajstić information content (AvgIpc) is 2.99. The Bertz CT molecular complexity index is 335. The van der Waals surface area contributed by atoms with Crippen LogP contribution in [-0.2, 0) is 4.79 Å². The topological polar surface area (TPSA) is 32.3 Å². The molecule has 1 saturated carbocycles. The molecule has 0 spiro atoms. The molecular formula is C16H28N2O. The predicted octanol–water partition coefficient (Wildman–Crippen LogP) is 2.27. The van der Waals surface area contributed by atoms with Gasteiger partial charge in [-0.15, -0.1) is 0 Å². The fourth-order valence-electron chi connectivity index (χ4n) is 4.45. The van der Waals surface area contributed by atoms with Gasteiger partial charge < -0.3 is 10.2 Å². The molecule has 3 nitrogen and oxygen atoms in total. The second kappa shape index (κ2) is 5.08. The molecule has 1 N–H and O–H groups in total. The zero-order chi connectivity index (χ0) is 13.5. The SMILES string of the molecule is CC(C)(C(=O)N1CC2CCCC2C1)C1CCCNC1. The standard InChI is InChI=1S/C16H28N2O/c1-16(2,14-7-4-8-17-9-14)15(19)18-10-12-5-3-6-13(12)11-18/h12-14,17H,3-11H2,1-2H3.